The van der Waals surface area contributed by atoms with Crippen LogP contribution in [0.2, 0.25) is 0 Å². The van der Waals surface area contributed by atoms with Crippen LogP contribution in [0.5, 0.6) is 0 Å². The van der Waals surface area contributed by atoms with Gasteiger partial charge in [0.1, 0.15) is 6.54 Å². The van der Waals surface area contributed by atoms with Crippen LogP contribution in [0.3, 0.4) is 0 Å². The number of rotatable bonds is 6. The van der Waals surface area contributed by atoms with Gasteiger partial charge in [-0.15, -0.1) is 0 Å². The van der Waals surface area contributed by atoms with Crippen LogP contribution in [-0.4, -0.2) is 41.4 Å². The van der Waals surface area contributed by atoms with Crippen molar-refractivity contribution in [3.63, 3.8) is 0 Å². The van der Waals surface area contributed by atoms with Gasteiger partial charge in [-0.1, -0.05) is 0 Å². The van der Waals surface area contributed by atoms with E-state index in [1.54, 1.807) is 6.20 Å². The zero-order valence-electron chi connectivity index (χ0n) is 12.5. The van der Waals surface area contributed by atoms with Crippen LogP contribution in [0, 0.1) is 0 Å². The molecule has 20 heavy (non-hydrogen) atoms. The molecule has 1 amide bonds. The largest absolute Gasteiger partial charge is 0.382 e. The second-order valence-corrected chi connectivity index (χ2v) is 5.57. The molecule has 1 rings (SSSR count). The van der Waals surface area contributed by atoms with E-state index < -0.39 is 0 Å². The third kappa shape index (κ3) is 5.83. The third-order valence-electron chi connectivity index (χ3n) is 2.38. The van der Waals surface area contributed by atoms with Crippen LogP contribution in [0.25, 0.3) is 0 Å². The van der Waals surface area contributed by atoms with Gasteiger partial charge in [-0.2, -0.15) is 5.10 Å². The molecule has 0 aliphatic heterocycles. The van der Waals surface area contributed by atoms with Gasteiger partial charge < -0.3 is 16.0 Å². The molecule has 0 unspecified atom stereocenters. The number of carbonyl (C=O) groups is 1. The van der Waals surface area contributed by atoms with E-state index in [0.717, 1.165) is 11.2 Å². The number of carbonyl (C=O) groups excluding carboxylic acids is 1. The van der Waals surface area contributed by atoms with E-state index in [-0.39, 0.29) is 23.6 Å². The molecule has 0 aliphatic rings. The van der Waals surface area contributed by atoms with Crippen LogP contribution in [0.1, 0.15) is 20.8 Å². The monoisotopic (exact) mass is 281 g/mol. The molecule has 1 heterocycles. The molecule has 7 heteroatoms. The van der Waals surface area contributed by atoms with E-state index in [9.17, 15) is 9.59 Å². The van der Waals surface area contributed by atoms with Crippen molar-refractivity contribution in [1.29, 1.82) is 0 Å². The van der Waals surface area contributed by atoms with E-state index in [1.165, 1.54) is 6.07 Å². The zero-order valence-corrected chi connectivity index (χ0v) is 12.5. The number of aromatic nitrogens is 2. The predicted octanol–water partition coefficient (Wildman–Crippen LogP) is -0.211. The number of nitrogens with one attached hydrogen (secondary N) is 3. The van der Waals surface area contributed by atoms with Gasteiger partial charge in [-0.25, -0.2) is 4.68 Å². The smallest absolute Gasteiger partial charge is 0.269 e. The van der Waals surface area contributed by atoms with Gasteiger partial charge >= 0.3 is 0 Å². The molecule has 0 saturated carbocycles. The maximum Gasteiger partial charge on any atom is 0.269 e. The number of likely N-dealkylation sites (N-methyl/N-ethyl adjacent to an activating group) is 1. The lowest BCUT2D eigenvalue weighted by Crippen LogP contribution is -2.43. The molecule has 0 spiro atoms. The van der Waals surface area contributed by atoms with E-state index in [1.807, 2.05) is 27.8 Å². The van der Waals surface area contributed by atoms with E-state index in [4.69, 9.17) is 0 Å². The first kappa shape index (κ1) is 16.2. The van der Waals surface area contributed by atoms with Crippen molar-refractivity contribution < 1.29 is 4.79 Å². The Bertz CT molecular complexity index is 504. The second-order valence-electron chi connectivity index (χ2n) is 5.57. The minimum Gasteiger partial charge on any atom is -0.382 e. The summed E-state index contributed by atoms with van der Waals surface area (Å²) in [6, 6.07) is 1.44. The lowest BCUT2D eigenvalue weighted by molar-refractivity contribution is -0.123. The Hall–Kier alpha value is -1.89. The van der Waals surface area contributed by atoms with Gasteiger partial charge in [0, 0.05) is 24.7 Å². The lowest BCUT2D eigenvalue weighted by Gasteiger charge is -2.20. The summed E-state index contributed by atoms with van der Waals surface area (Å²) >= 11 is 0. The highest BCUT2D eigenvalue weighted by Crippen LogP contribution is 2.00. The third-order valence-corrected chi connectivity index (χ3v) is 2.38. The van der Waals surface area contributed by atoms with Crippen molar-refractivity contribution >= 4 is 11.6 Å². The minimum absolute atomic E-state index is 0.0765. The van der Waals surface area contributed by atoms with Gasteiger partial charge in [0.05, 0.1) is 11.9 Å². The molecule has 1 aromatic heterocycles. The zero-order chi connectivity index (χ0) is 15.2. The number of hydrogen-bond donors (Lipinski definition) is 3. The maximum atomic E-state index is 11.8. The molecule has 0 aliphatic carbocycles. The Kier molecular flexibility index (Phi) is 5.69. The summed E-state index contributed by atoms with van der Waals surface area (Å²) in [5.41, 5.74) is 0.0243. The van der Waals surface area contributed by atoms with Crippen molar-refractivity contribution in [3.05, 3.63) is 22.6 Å². The Morgan fingerprint density at radius 3 is 2.60 bits per heavy atom. The summed E-state index contributed by atoms with van der Waals surface area (Å²) in [6.45, 7) is 7.07. The molecule has 1 aromatic rings. The van der Waals surface area contributed by atoms with E-state index >= 15 is 0 Å². The fraction of sp³-hybridized carbons (Fsp3) is 0.615. The first-order chi connectivity index (χ1) is 9.31. The van der Waals surface area contributed by atoms with Gasteiger partial charge in [-0.05, 0) is 27.8 Å². The van der Waals surface area contributed by atoms with Gasteiger partial charge in [-0.3, -0.25) is 9.59 Å². The number of hydrogen-bond acceptors (Lipinski definition) is 5. The molecule has 3 N–H and O–H groups in total. The Balaban J connectivity index is 2.64. The van der Waals surface area contributed by atoms with E-state index in [2.05, 4.69) is 21.0 Å². The number of nitrogens with zero attached hydrogens (tertiary/aromatic N) is 2. The van der Waals surface area contributed by atoms with E-state index in [0.29, 0.717) is 12.2 Å². The summed E-state index contributed by atoms with van der Waals surface area (Å²) in [5, 5.41) is 12.8. The molecule has 0 fully saturated rings. The van der Waals surface area contributed by atoms with Crippen molar-refractivity contribution in [2.24, 2.45) is 0 Å². The van der Waals surface area contributed by atoms with Crippen LogP contribution < -0.4 is 21.5 Å². The second kappa shape index (κ2) is 7.04. The highest BCUT2D eigenvalue weighted by atomic mass is 16.2. The van der Waals surface area contributed by atoms with Crippen molar-refractivity contribution in [2.75, 3.05) is 25.5 Å². The minimum atomic E-state index is -0.324. The number of anilines is 1. The summed E-state index contributed by atoms with van der Waals surface area (Å²) in [7, 11) is 1.85. The van der Waals surface area contributed by atoms with Crippen LogP contribution in [0.15, 0.2) is 17.1 Å². The molecule has 0 aromatic carbocycles. The normalized spacial score (nSPS) is 11.2. The topological polar surface area (TPSA) is 88.1 Å². The Labute approximate surface area is 118 Å². The summed E-state index contributed by atoms with van der Waals surface area (Å²) < 4.78 is 1.14. The quantitative estimate of drug-likeness (QED) is 0.628. The molecule has 0 saturated heterocycles. The fourth-order valence-corrected chi connectivity index (χ4v) is 1.57. The highest BCUT2D eigenvalue weighted by molar-refractivity contribution is 5.76. The standard InChI is InChI=1S/C13H23N5O2/c1-13(2,3)17-11(19)9-18-12(20)7-10(8-16-18)15-6-5-14-4/h7-8,14-15H,5-6,9H2,1-4H3,(H,17,19). The van der Waals surface area contributed by atoms with Gasteiger partial charge in [0.15, 0.2) is 0 Å². The summed E-state index contributed by atoms with van der Waals surface area (Å²) in [5.74, 6) is -0.233. The van der Waals surface area contributed by atoms with Crippen LogP contribution in [-0.2, 0) is 11.3 Å². The molecule has 0 bridgehead atoms. The van der Waals surface area contributed by atoms with Crippen molar-refractivity contribution in [3.8, 4) is 0 Å². The molecule has 0 radical (unpaired) electrons. The van der Waals surface area contributed by atoms with Crippen LogP contribution >= 0.6 is 0 Å². The highest BCUT2D eigenvalue weighted by Gasteiger charge is 2.14. The first-order valence-corrected chi connectivity index (χ1v) is 6.58. The van der Waals surface area contributed by atoms with Crippen molar-refractivity contribution in [2.45, 2.75) is 32.9 Å². The van der Waals surface area contributed by atoms with Crippen molar-refractivity contribution in [1.82, 2.24) is 20.4 Å². The van der Waals surface area contributed by atoms with Gasteiger partial charge in [0.25, 0.3) is 5.56 Å². The summed E-state index contributed by atoms with van der Waals surface area (Å²) in [6.07, 6.45) is 1.54. The fourth-order valence-electron chi connectivity index (χ4n) is 1.57. The number of amides is 1. The summed E-state index contributed by atoms with van der Waals surface area (Å²) in [4.78, 5) is 23.6. The molecule has 0 atom stereocenters. The average Bonchev–Trinajstić information content (AvgIpc) is 2.30. The first-order valence-electron chi connectivity index (χ1n) is 6.58. The molecule has 7 nitrogen and oxygen atoms in total. The molecular formula is C13H23N5O2. The maximum absolute atomic E-state index is 11.8. The lowest BCUT2D eigenvalue weighted by atomic mass is 10.1. The Morgan fingerprint density at radius 1 is 1.35 bits per heavy atom. The molecular weight excluding hydrogens is 258 g/mol. The van der Waals surface area contributed by atoms with Gasteiger partial charge in [0.2, 0.25) is 5.91 Å². The average molecular weight is 281 g/mol. The predicted molar refractivity (Wildman–Crippen MR) is 78.8 cm³/mol. The molecule has 112 valence electrons. The Morgan fingerprint density at radius 2 is 2.05 bits per heavy atom. The van der Waals surface area contributed by atoms with Crippen LogP contribution in [0.4, 0.5) is 5.69 Å². The SMILES string of the molecule is CNCCNc1cnn(CC(=O)NC(C)(C)C)c(=O)c1.